The van der Waals surface area contributed by atoms with Gasteiger partial charge in [0.1, 0.15) is 5.75 Å². The molecule has 0 spiro atoms. The van der Waals surface area contributed by atoms with E-state index >= 15 is 0 Å². The van der Waals surface area contributed by atoms with Crippen LogP contribution in [0.25, 0.3) is 0 Å². The minimum atomic E-state index is -0.739. The van der Waals surface area contributed by atoms with E-state index in [1.165, 1.54) is 0 Å². The number of para-hydroxylation sites is 1. The van der Waals surface area contributed by atoms with Gasteiger partial charge in [-0.1, -0.05) is 41.4 Å². The van der Waals surface area contributed by atoms with Crippen molar-refractivity contribution >= 4 is 46.4 Å². The number of carbonyl (C=O) groups excluding carboxylic acids is 2. The van der Waals surface area contributed by atoms with Gasteiger partial charge in [0.25, 0.3) is 11.8 Å². The molecule has 0 aliphatic rings. The summed E-state index contributed by atoms with van der Waals surface area (Å²) >= 11 is 12.0. The highest BCUT2D eigenvalue weighted by molar-refractivity contribution is 6.32. The normalized spacial score (nSPS) is 11.4. The molecule has 0 saturated heterocycles. The second-order valence-corrected chi connectivity index (χ2v) is 7.07. The molecule has 3 aromatic rings. The largest absolute Gasteiger partial charge is 0.479 e. The molecule has 2 N–H and O–H groups in total. The summed E-state index contributed by atoms with van der Waals surface area (Å²) in [6.07, 6.45) is -0.739. The third-order valence-electron chi connectivity index (χ3n) is 4.01. The monoisotopic (exact) mass is 428 g/mol. The fraction of sp³-hybridized carbons (Fsp3) is 0.0909. The van der Waals surface area contributed by atoms with Crippen LogP contribution in [0.15, 0.2) is 72.8 Å². The van der Waals surface area contributed by atoms with Crippen molar-refractivity contribution in [3.8, 4) is 5.75 Å². The number of nitrogens with one attached hydrogen (secondary N) is 2. The third kappa shape index (κ3) is 5.73. The van der Waals surface area contributed by atoms with E-state index in [2.05, 4.69) is 10.6 Å². The van der Waals surface area contributed by atoms with Crippen LogP contribution in [0.5, 0.6) is 5.75 Å². The standard InChI is InChI=1S/C22H18Cl2N2O3/c1-14(29-20-8-3-2-7-19(20)24)21(27)25-17-9-11-18(12-10-17)26-22(28)15-5-4-6-16(23)13-15/h2-14H,1H3,(H,25,27)(H,26,28). The average Bonchev–Trinajstić information content (AvgIpc) is 2.71. The number of rotatable bonds is 6. The Balaban J connectivity index is 1.57. The molecular weight excluding hydrogens is 411 g/mol. The van der Waals surface area contributed by atoms with E-state index in [0.717, 1.165) is 0 Å². The maximum atomic E-state index is 12.3. The van der Waals surface area contributed by atoms with Crippen molar-refractivity contribution in [3.63, 3.8) is 0 Å². The van der Waals surface area contributed by atoms with E-state index in [-0.39, 0.29) is 11.8 Å². The average molecular weight is 429 g/mol. The van der Waals surface area contributed by atoms with Gasteiger partial charge in [-0.3, -0.25) is 9.59 Å². The van der Waals surface area contributed by atoms with E-state index in [4.69, 9.17) is 27.9 Å². The molecule has 0 radical (unpaired) electrons. The Kier molecular flexibility index (Phi) is 6.75. The summed E-state index contributed by atoms with van der Waals surface area (Å²) in [6, 6.07) is 20.4. The minimum absolute atomic E-state index is 0.272. The molecule has 148 valence electrons. The highest BCUT2D eigenvalue weighted by Crippen LogP contribution is 2.24. The molecule has 5 nitrogen and oxygen atoms in total. The van der Waals surface area contributed by atoms with Crippen LogP contribution >= 0.6 is 23.2 Å². The first kappa shape index (κ1) is 20.7. The lowest BCUT2D eigenvalue weighted by Crippen LogP contribution is -2.30. The van der Waals surface area contributed by atoms with Gasteiger partial charge >= 0.3 is 0 Å². The molecule has 2 amide bonds. The molecular formula is C22H18Cl2N2O3. The molecule has 0 aromatic heterocycles. The molecule has 29 heavy (non-hydrogen) atoms. The van der Waals surface area contributed by atoms with Crippen molar-refractivity contribution in [2.45, 2.75) is 13.0 Å². The van der Waals surface area contributed by atoms with Crippen LogP contribution in [-0.4, -0.2) is 17.9 Å². The number of carbonyl (C=O) groups is 2. The quantitative estimate of drug-likeness (QED) is 0.532. The van der Waals surface area contributed by atoms with Crippen LogP contribution in [0, 0.1) is 0 Å². The predicted molar refractivity (Wildman–Crippen MR) is 116 cm³/mol. The van der Waals surface area contributed by atoms with Crippen molar-refractivity contribution in [2.75, 3.05) is 10.6 Å². The lowest BCUT2D eigenvalue weighted by Gasteiger charge is -2.15. The molecule has 0 aliphatic heterocycles. The van der Waals surface area contributed by atoms with Gasteiger partial charge < -0.3 is 15.4 Å². The summed E-state index contributed by atoms with van der Waals surface area (Å²) in [5, 5.41) is 6.47. The highest BCUT2D eigenvalue weighted by atomic mass is 35.5. The maximum Gasteiger partial charge on any atom is 0.265 e. The van der Waals surface area contributed by atoms with E-state index in [9.17, 15) is 9.59 Å². The lowest BCUT2D eigenvalue weighted by atomic mass is 10.2. The summed E-state index contributed by atoms with van der Waals surface area (Å²) in [7, 11) is 0. The first-order valence-electron chi connectivity index (χ1n) is 8.81. The molecule has 0 bridgehead atoms. The van der Waals surface area contributed by atoms with E-state index in [0.29, 0.717) is 32.7 Å². The number of amides is 2. The Hall–Kier alpha value is -3.02. The fourth-order valence-corrected chi connectivity index (χ4v) is 2.87. The molecule has 7 heteroatoms. The van der Waals surface area contributed by atoms with Gasteiger partial charge in [0, 0.05) is 22.0 Å². The topological polar surface area (TPSA) is 67.4 Å². The number of halogens is 2. The Labute approximate surface area is 178 Å². The molecule has 0 fully saturated rings. The van der Waals surface area contributed by atoms with Gasteiger partial charge in [-0.05, 0) is 61.5 Å². The minimum Gasteiger partial charge on any atom is -0.479 e. The zero-order chi connectivity index (χ0) is 20.8. The third-order valence-corrected chi connectivity index (χ3v) is 4.55. The van der Waals surface area contributed by atoms with Crippen molar-refractivity contribution < 1.29 is 14.3 Å². The zero-order valence-corrected chi connectivity index (χ0v) is 17.0. The number of anilines is 2. The van der Waals surface area contributed by atoms with Gasteiger partial charge in [0.2, 0.25) is 0 Å². The van der Waals surface area contributed by atoms with Crippen molar-refractivity contribution in [1.82, 2.24) is 0 Å². The van der Waals surface area contributed by atoms with Gasteiger partial charge in [-0.2, -0.15) is 0 Å². The Bertz CT molecular complexity index is 1020. The molecule has 1 atom stereocenters. The first-order chi connectivity index (χ1) is 13.9. The first-order valence-corrected chi connectivity index (χ1v) is 9.57. The molecule has 1 unspecified atom stereocenters. The summed E-state index contributed by atoms with van der Waals surface area (Å²) in [5.41, 5.74) is 1.62. The molecule has 3 rings (SSSR count). The Morgan fingerprint density at radius 3 is 2.17 bits per heavy atom. The van der Waals surface area contributed by atoms with E-state index in [1.54, 1.807) is 79.7 Å². The van der Waals surface area contributed by atoms with Crippen LogP contribution in [-0.2, 0) is 4.79 Å². The fourth-order valence-electron chi connectivity index (χ4n) is 2.50. The maximum absolute atomic E-state index is 12.3. The second-order valence-electron chi connectivity index (χ2n) is 6.22. The second kappa shape index (κ2) is 9.45. The van der Waals surface area contributed by atoms with E-state index in [1.807, 2.05) is 0 Å². The van der Waals surface area contributed by atoms with Gasteiger partial charge in [-0.25, -0.2) is 0 Å². The lowest BCUT2D eigenvalue weighted by molar-refractivity contribution is -0.122. The Morgan fingerprint density at radius 1 is 0.862 bits per heavy atom. The van der Waals surface area contributed by atoms with Crippen LogP contribution in [0.3, 0.4) is 0 Å². The summed E-state index contributed by atoms with van der Waals surface area (Å²) in [4.78, 5) is 24.6. The number of hydrogen-bond acceptors (Lipinski definition) is 3. The smallest absolute Gasteiger partial charge is 0.265 e. The molecule has 3 aromatic carbocycles. The van der Waals surface area contributed by atoms with Crippen molar-refractivity contribution in [3.05, 3.63) is 88.4 Å². The van der Waals surface area contributed by atoms with Gasteiger partial charge in [-0.15, -0.1) is 0 Å². The van der Waals surface area contributed by atoms with Crippen molar-refractivity contribution in [1.29, 1.82) is 0 Å². The SMILES string of the molecule is CC(Oc1ccccc1Cl)C(=O)Nc1ccc(NC(=O)c2cccc(Cl)c2)cc1. The van der Waals surface area contributed by atoms with E-state index < -0.39 is 6.10 Å². The predicted octanol–water partition coefficient (Wildman–Crippen LogP) is 5.65. The van der Waals surface area contributed by atoms with Gasteiger partial charge in [0.15, 0.2) is 6.10 Å². The number of benzene rings is 3. The molecule has 0 aliphatic carbocycles. The Morgan fingerprint density at radius 2 is 1.52 bits per heavy atom. The summed E-state index contributed by atoms with van der Waals surface area (Å²) < 4.78 is 5.60. The summed E-state index contributed by atoms with van der Waals surface area (Å²) in [5.74, 6) is -0.150. The van der Waals surface area contributed by atoms with Crippen LogP contribution < -0.4 is 15.4 Å². The zero-order valence-electron chi connectivity index (χ0n) is 15.5. The van der Waals surface area contributed by atoms with Gasteiger partial charge in [0.05, 0.1) is 5.02 Å². The number of ether oxygens (including phenoxy) is 1. The van der Waals surface area contributed by atoms with Crippen molar-refractivity contribution in [2.24, 2.45) is 0 Å². The van der Waals surface area contributed by atoms with Crippen LogP contribution in [0.4, 0.5) is 11.4 Å². The van der Waals surface area contributed by atoms with Crippen LogP contribution in [0.1, 0.15) is 17.3 Å². The van der Waals surface area contributed by atoms with Crippen LogP contribution in [0.2, 0.25) is 10.0 Å². The molecule has 0 heterocycles. The summed E-state index contributed by atoms with van der Waals surface area (Å²) in [6.45, 7) is 1.64. The highest BCUT2D eigenvalue weighted by Gasteiger charge is 2.16. The molecule has 0 saturated carbocycles. The number of hydrogen-bond donors (Lipinski definition) is 2.